The molecule has 2 aromatic carbocycles. The number of benzene rings is 2. The van der Waals surface area contributed by atoms with Gasteiger partial charge >= 0.3 is 5.97 Å². The summed E-state index contributed by atoms with van der Waals surface area (Å²) >= 11 is 0. The van der Waals surface area contributed by atoms with Gasteiger partial charge in [-0.05, 0) is 23.8 Å². The van der Waals surface area contributed by atoms with Gasteiger partial charge in [0.05, 0.1) is 12.8 Å². The summed E-state index contributed by atoms with van der Waals surface area (Å²) in [6.45, 7) is 1.81. The van der Waals surface area contributed by atoms with Gasteiger partial charge in [-0.15, -0.1) is 0 Å². The average Bonchev–Trinajstić information content (AvgIpc) is 2.97. The summed E-state index contributed by atoms with van der Waals surface area (Å²) in [7, 11) is 1.29. The monoisotopic (exact) mass is 338 g/mol. The zero-order chi connectivity index (χ0) is 17.8. The number of carbonyl (C=O) groups is 2. The molecule has 0 saturated carbocycles. The third kappa shape index (κ3) is 3.63. The number of carbonyl (C=O) groups excluding carboxylic acids is 2. The van der Waals surface area contributed by atoms with Crippen LogP contribution in [0.2, 0.25) is 0 Å². The summed E-state index contributed by atoms with van der Waals surface area (Å²) < 4.78 is 10.6. The van der Waals surface area contributed by atoms with Crippen LogP contribution >= 0.6 is 0 Å². The number of esters is 1. The van der Waals surface area contributed by atoms with Gasteiger partial charge in [0, 0.05) is 17.8 Å². The number of hydrogen-bond acceptors (Lipinski definition) is 4. The average molecular weight is 338 g/mol. The molecule has 0 aliphatic heterocycles. The number of amides is 1. The predicted octanol–water partition coefficient (Wildman–Crippen LogP) is 3.49. The lowest BCUT2D eigenvalue weighted by Crippen LogP contribution is -2.11. The van der Waals surface area contributed by atoms with Crippen molar-refractivity contribution in [3.63, 3.8) is 0 Å². The minimum absolute atomic E-state index is 0.202. The van der Waals surface area contributed by atoms with Crippen LogP contribution in [0.1, 0.15) is 23.0 Å². The van der Waals surface area contributed by atoms with Gasteiger partial charge in [-0.25, -0.2) is 4.79 Å². The molecule has 25 heavy (non-hydrogen) atoms. The van der Waals surface area contributed by atoms with E-state index in [4.69, 9.17) is 9.47 Å². The Morgan fingerprint density at radius 3 is 2.56 bits per heavy atom. The number of anilines is 1. The molecule has 6 heteroatoms. The van der Waals surface area contributed by atoms with Gasteiger partial charge in [-0.3, -0.25) is 4.79 Å². The summed E-state index contributed by atoms with van der Waals surface area (Å²) in [6.07, 6.45) is 0. The Morgan fingerprint density at radius 1 is 1.12 bits per heavy atom. The van der Waals surface area contributed by atoms with Crippen molar-refractivity contribution in [2.24, 2.45) is 0 Å². The number of ether oxygens (including phenoxy) is 2. The van der Waals surface area contributed by atoms with E-state index in [1.165, 1.54) is 14.0 Å². The first-order chi connectivity index (χ1) is 12.1. The second-order valence-corrected chi connectivity index (χ2v) is 5.53. The maximum absolute atomic E-state index is 11.9. The summed E-state index contributed by atoms with van der Waals surface area (Å²) in [4.78, 5) is 26.4. The van der Waals surface area contributed by atoms with Crippen LogP contribution in [-0.2, 0) is 16.1 Å². The van der Waals surface area contributed by atoms with Gasteiger partial charge in [0.1, 0.15) is 18.1 Å². The lowest BCUT2D eigenvalue weighted by atomic mass is 10.2. The Morgan fingerprint density at radius 2 is 1.88 bits per heavy atom. The van der Waals surface area contributed by atoms with E-state index in [0.717, 1.165) is 5.56 Å². The quantitative estimate of drug-likeness (QED) is 0.698. The van der Waals surface area contributed by atoms with Crippen molar-refractivity contribution < 1.29 is 19.1 Å². The van der Waals surface area contributed by atoms with E-state index in [1.807, 2.05) is 30.3 Å². The van der Waals surface area contributed by atoms with E-state index in [-0.39, 0.29) is 11.6 Å². The fourth-order valence-corrected chi connectivity index (χ4v) is 2.56. The minimum Gasteiger partial charge on any atom is -0.489 e. The van der Waals surface area contributed by atoms with Crippen LogP contribution in [0, 0.1) is 0 Å². The first kappa shape index (κ1) is 16.6. The number of methoxy groups -OCH3 is 1. The Kier molecular flexibility index (Phi) is 4.70. The molecule has 3 aromatic rings. The largest absolute Gasteiger partial charge is 0.489 e. The Labute approximate surface area is 144 Å². The first-order valence-electron chi connectivity index (χ1n) is 7.77. The smallest absolute Gasteiger partial charge is 0.356 e. The third-order valence-corrected chi connectivity index (χ3v) is 3.71. The van der Waals surface area contributed by atoms with E-state index >= 15 is 0 Å². The van der Waals surface area contributed by atoms with Crippen LogP contribution in [0.15, 0.2) is 48.5 Å². The molecule has 3 rings (SSSR count). The summed E-state index contributed by atoms with van der Waals surface area (Å²) in [5.74, 6) is -0.188. The molecule has 6 nitrogen and oxygen atoms in total. The maximum atomic E-state index is 11.9. The van der Waals surface area contributed by atoms with Crippen molar-refractivity contribution in [1.29, 1.82) is 0 Å². The molecule has 0 aliphatic carbocycles. The van der Waals surface area contributed by atoms with Crippen molar-refractivity contribution in [3.8, 4) is 5.75 Å². The van der Waals surface area contributed by atoms with Gasteiger partial charge in [0.15, 0.2) is 0 Å². The van der Waals surface area contributed by atoms with Crippen LogP contribution in [-0.4, -0.2) is 24.0 Å². The number of hydrogen-bond donors (Lipinski definition) is 2. The van der Waals surface area contributed by atoms with Crippen molar-refractivity contribution in [1.82, 2.24) is 4.98 Å². The van der Waals surface area contributed by atoms with Gasteiger partial charge < -0.3 is 19.8 Å². The number of rotatable bonds is 5. The lowest BCUT2D eigenvalue weighted by molar-refractivity contribution is -0.114. The molecular formula is C19H18N2O4. The van der Waals surface area contributed by atoms with E-state index in [0.29, 0.717) is 28.9 Å². The number of H-pyrrole nitrogens is 1. The SMILES string of the molecule is COC(=O)c1[nH]c2ccc(OCc3ccccc3)cc2c1NC(C)=O. The summed E-state index contributed by atoms with van der Waals surface area (Å²) in [5.41, 5.74) is 2.35. The molecule has 1 amide bonds. The molecule has 0 fully saturated rings. The minimum atomic E-state index is -0.549. The second kappa shape index (κ2) is 7.09. The normalized spacial score (nSPS) is 10.5. The topological polar surface area (TPSA) is 80.4 Å². The number of fused-ring (bicyclic) bond motifs is 1. The molecule has 1 aromatic heterocycles. The Bertz CT molecular complexity index is 916. The molecule has 128 valence electrons. The predicted molar refractivity (Wildman–Crippen MR) is 94.7 cm³/mol. The molecule has 0 unspecified atom stereocenters. The van der Waals surface area contributed by atoms with Gasteiger partial charge in [-0.2, -0.15) is 0 Å². The number of aromatic nitrogens is 1. The zero-order valence-electron chi connectivity index (χ0n) is 14.0. The zero-order valence-corrected chi connectivity index (χ0v) is 14.0. The van der Waals surface area contributed by atoms with Crippen molar-refractivity contribution >= 4 is 28.5 Å². The van der Waals surface area contributed by atoms with Crippen molar-refractivity contribution in [2.75, 3.05) is 12.4 Å². The Hall–Kier alpha value is -3.28. The molecule has 2 N–H and O–H groups in total. The Balaban J connectivity index is 1.94. The number of nitrogens with one attached hydrogen (secondary N) is 2. The van der Waals surface area contributed by atoms with Gasteiger partial charge in [0.25, 0.3) is 0 Å². The van der Waals surface area contributed by atoms with Crippen LogP contribution in [0.25, 0.3) is 10.9 Å². The van der Waals surface area contributed by atoms with E-state index in [1.54, 1.807) is 18.2 Å². The lowest BCUT2D eigenvalue weighted by Gasteiger charge is -2.07. The highest BCUT2D eigenvalue weighted by atomic mass is 16.5. The van der Waals surface area contributed by atoms with Crippen LogP contribution < -0.4 is 10.1 Å². The molecule has 0 radical (unpaired) electrons. The summed E-state index contributed by atoms with van der Waals surface area (Å²) in [5, 5.41) is 3.37. The van der Waals surface area contributed by atoms with Gasteiger partial charge in [-0.1, -0.05) is 30.3 Å². The fourth-order valence-electron chi connectivity index (χ4n) is 2.56. The van der Waals surface area contributed by atoms with E-state index < -0.39 is 5.97 Å². The molecular weight excluding hydrogens is 320 g/mol. The van der Waals surface area contributed by atoms with E-state index in [2.05, 4.69) is 10.3 Å². The molecule has 1 heterocycles. The molecule has 0 bridgehead atoms. The molecule has 0 spiro atoms. The maximum Gasteiger partial charge on any atom is 0.356 e. The molecule has 0 aliphatic rings. The summed E-state index contributed by atoms with van der Waals surface area (Å²) in [6, 6.07) is 15.2. The highest BCUT2D eigenvalue weighted by molar-refractivity contribution is 6.10. The van der Waals surface area contributed by atoms with Crippen LogP contribution in [0.4, 0.5) is 5.69 Å². The first-order valence-corrected chi connectivity index (χ1v) is 7.77. The van der Waals surface area contributed by atoms with Gasteiger partial charge in [0.2, 0.25) is 5.91 Å². The van der Waals surface area contributed by atoms with Crippen molar-refractivity contribution in [3.05, 3.63) is 59.8 Å². The number of aromatic amines is 1. The highest BCUT2D eigenvalue weighted by Gasteiger charge is 2.19. The highest BCUT2D eigenvalue weighted by Crippen LogP contribution is 2.31. The third-order valence-electron chi connectivity index (χ3n) is 3.71. The fraction of sp³-hybridized carbons (Fsp3) is 0.158. The molecule has 0 saturated heterocycles. The second-order valence-electron chi connectivity index (χ2n) is 5.53. The standard InChI is InChI=1S/C19H18N2O4/c1-12(22)20-17-15-10-14(25-11-13-6-4-3-5-7-13)8-9-16(15)21-18(17)19(23)24-2/h3-10,21H,11H2,1-2H3,(H,20,22). The van der Waals surface area contributed by atoms with E-state index in [9.17, 15) is 9.59 Å². The van der Waals surface area contributed by atoms with Crippen LogP contribution in [0.3, 0.4) is 0 Å². The van der Waals surface area contributed by atoms with Crippen molar-refractivity contribution in [2.45, 2.75) is 13.5 Å². The molecule has 0 atom stereocenters. The van der Waals surface area contributed by atoms with Crippen LogP contribution in [0.5, 0.6) is 5.75 Å².